The van der Waals surface area contributed by atoms with Gasteiger partial charge in [0, 0.05) is 18.1 Å². The van der Waals surface area contributed by atoms with Crippen LogP contribution in [-0.2, 0) is 22.6 Å². The summed E-state index contributed by atoms with van der Waals surface area (Å²) in [6.07, 6.45) is 0.161. The van der Waals surface area contributed by atoms with Gasteiger partial charge in [0.25, 0.3) is 0 Å². The topological polar surface area (TPSA) is 58.6 Å². The molecule has 5 nitrogen and oxygen atoms in total. The van der Waals surface area contributed by atoms with E-state index in [-0.39, 0.29) is 24.8 Å². The lowest BCUT2D eigenvalue weighted by molar-refractivity contribution is -0.141. The molecule has 0 spiro atoms. The van der Waals surface area contributed by atoms with E-state index in [1.54, 1.807) is 24.1 Å². The van der Waals surface area contributed by atoms with Crippen LogP contribution in [0, 0.1) is 5.92 Å². The maximum atomic E-state index is 13.7. The zero-order valence-corrected chi connectivity index (χ0v) is 20.6. The molecule has 3 rings (SSSR count). The smallest absolute Gasteiger partial charge is 0.247 e. The minimum atomic E-state index is -0.762. The summed E-state index contributed by atoms with van der Waals surface area (Å²) in [5.74, 6) is 0.682. The monoisotopic (exact) mass is 478 g/mol. The summed E-state index contributed by atoms with van der Waals surface area (Å²) in [4.78, 5) is 28.8. The zero-order chi connectivity index (χ0) is 24.5. The molecule has 2 amide bonds. The second kappa shape index (κ2) is 12.2. The van der Waals surface area contributed by atoms with Gasteiger partial charge < -0.3 is 15.0 Å². The Balaban J connectivity index is 1.97. The summed E-state index contributed by atoms with van der Waals surface area (Å²) in [5.41, 5.74) is 2.51. The van der Waals surface area contributed by atoms with E-state index in [0.717, 1.165) is 22.4 Å². The lowest BCUT2D eigenvalue weighted by Crippen LogP contribution is -2.44. The number of nitrogens with one attached hydrogen (secondary N) is 1. The molecule has 34 heavy (non-hydrogen) atoms. The Kier molecular flexibility index (Phi) is 9.11. The van der Waals surface area contributed by atoms with Crippen molar-refractivity contribution in [3.63, 3.8) is 0 Å². The largest absolute Gasteiger partial charge is 0.497 e. The van der Waals surface area contributed by atoms with E-state index >= 15 is 0 Å². The van der Waals surface area contributed by atoms with Crippen molar-refractivity contribution < 1.29 is 14.3 Å². The van der Waals surface area contributed by atoms with E-state index in [9.17, 15) is 9.59 Å². The number of carbonyl (C=O) groups excluding carboxylic acids is 2. The molecular formula is C28H31ClN2O3. The van der Waals surface area contributed by atoms with Crippen LogP contribution in [0.5, 0.6) is 5.75 Å². The third-order valence-electron chi connectivity index (χ3n) is 5.46. The Hall–Kier alpha value is -3.31. The SMILES string of the molecule is COc1ccc(CN(C(=O)Cc2ccc(Cl)cc2)C(C(=O)NCC(C)C)c2ccccc2)cc1. The number of rotatable bonds is 10. The van der Waals surface area contributed by atoms with Crippen LogP contribution < -0.4 is 10.1 Å². The van der Waals surface area contributed by atoms with Crippen LogP contribution >= 0.6 is 11.6 Å². The summed E-state index contributed by atoms with van der Waals surface area (Å²) >= 11 is 6.02. The Morgan fingerprint density at radius 2 is 1.53 bits per heavy atom. The quantitative estimate of drug-likeness (QED) is 0.422. The summed E-state index contributed by atoms with van der Waals surface area (Å²) < 4.78 is 5.26. The van der Waals surface area contributed by atoms with Crippen molar-refractivity contribution in [3.8, 4) is 5.75 Å². The highest BCUT2D eigenvalue weighted by Crippen LogP contribution is 2.26. The van der Waals surface area contributed by atoms with Gasteiger partial charge in [-0.05, 0) is 46.9 Å². The third kappa shape index (κ3) is 7.09. The highest BCUT2D eigenvalue weighted by Gasteiger charge is 2.31. The van der Waals surface area contributed by atoms with Gasteiger partial charge in [-0.2, -0.15) is 0 Å². The predicted octanol–water partition coefficient (Wildman–Crippen LogP) is 5.43. The molecule has 0 aliphatic rings. The highest BCUT2D eigenvalue weighted by atomic mass is 35.5. The maximum Gasteiger partial charge on any atom is 0.247 e. The second-order valence-corrected chi connectivity index (χ2v) is 9.06. The van der Waals surface area contributed by atoms with Crippen LogP contribution in [-0.4, -0.2) is 30.4 Å². The molecule has 1 unspecified atom stereocenters. The molecule has 1 atom stereocenters. The van der Waals surface area contributed by atoms with Gasteiger partial charge in [-0.15, -0.1) is 0 Å². The van der Waals surface area contributed by atoms with Gasteiger partial charge in [0.15, 0.2) is 0 Å². The van der Waals surface area contributed by atoms with E-state index in [2.05, 4.69) is 5.32 Å². The summed E-state index contributed by atoms with van der Waals surface area (Å²) in [6, 6.07) is 23.4. The van der Waals surface area contributed by atoms with Crippen LogP contribution in [0.3, 0.4) is 0 Å². The number of nitrogens with zero attached hydrogens (tertiary/aromatic N) is 1. The van der Waals surface area contributed by atoms with Crippen LogP contribution in [0.4, 0.5) is 0 Å². The minimum Gasteiger partial charge on any atom is -0.497 e. The van der Waals surface area contributed by atoms with E-state index in [1.807, 2.05) is 80.6 Å². The predicted molar refractivity (Wildman–Crippen MR) is 136 cm³/mol. The number of methoxy groups -OCH3 is 1. The molecule has 0 heterocycles. The fourth-order valence-corrected chi connectivity index (χ4v) is 3.77. The Bertz CT molecular complexity index is 1070. The number of amides is 2. The van der Waals surface area contributed by atoms with E-state index in [0.29, 0.717) is 17.5 Å². The van der Waals surface area contributed by atoms with Crippen molar-refractivity contribution in [1.29, 1.82) is 0 Å². The van der Waals surface area contributed by atoms with Crippen molar-refractivity contribution in [3.05, 3.63) is 101 Å². The number of ether oxygens (including phenoxy) is 1. The molecule has 1 N–H and O–H groups in total. The minimum absolute atomic E-state index is 0.147. The Labute approximate surface area is 206 Å². The van der Waals surface area contributed by atoms with Crippen molar-refractivity contribution in [1.82, 2.24) is 10.2 Å². The first-order valence-electron chi connectivity index (χ1n) is 11.4. The molecule has 178 valence electrons. The molecule has 3 aromatic carbocycles. The van der Waals surface area contributed by atoms with Gasteiger partial charge in [-0.1, -0.05) is 80.0 Å². The Morgan fingerprint density at radius 3 is 2.12 bits per heavy atom. The fraction of sp³-hybridized carbons (Fsp3) is 0.286. The summed E-state index contributed by atoms with van der Waals surface area (Å²) in [5, 5.41) is 3.63. The Morgan fingerprint density at radius 1 is 0.912 bits per heavy atom. The molecule has 0 saturated heterocycles. The molecule has 0 saturated carbocycles. The van der Waals surface area contributed by atoms with Crippen molar-refractivity contribution in [2.45, 2.75) is 32.9 Å². The summed E-state index contributed by atoms with van der Waals surface area (Å²) in [6.45, 7) is 4.90. The number of halogens is 1. The van der Waals surface area contributed by atoms with Gasteiger partial charge in [-0.25, -0.2) is 0 Å². The first-order valence-corrected chi connectivity index (χ1v) is 11.7. The lowest BCUT2D eigenvalue weighted by Gasteiger charge is -2.32. The van der Waals surface area contributed by atoms with Crippen LogP contribution in [0.2, 0.25) is 5.02 Å². The van der Waals surface area contributed by atoms with Crippen LogP contribution in [0.15, 0.2) is 78.9 Å². The standard InChI is InChI=1S/C28H31ClN2O3/c1-20(2)18-30-28(33)27(23-7-5-4-6-8-23)31(19-22-11-15-25(34-3)16-12-22)26(32)17-21-9-13-24(29)14-10-21/h4-16,20,27H,17-19H2,1-3H3,(H,30,33). The molecule has 6 heteroatoms. The highest BCUT2D eigenvalue weighted by molar-refractivity contribution is 6.30. The molecule has 3 aromatic rings. The van der Waals surface area contributed by atoms with E-state index < -0.39 is 6.04 Å². The normalized spacial score (nSPS) is 11.7. The van der Waals surface area contributed by atoms with E-state index in [1.165, 1.54) is 0 Å². The molecule has 0 aliphatic heterocycles. The third-order valence-corrected chi connectivity index (χ3v) is 5.71. The number of benzene rings is 3. The maximum absolute atomic E-state index is 13.7. The van der Waals surface area contributed by atoms with Gasteiger partial charge in [0.1, 0.15) is 11.8 Å². The molecule has 0 aliphatic carbocycles. The van der Waals surface area contributed by atoms with Gasteiger partial charge in [-0.3, -0.25) is 9.59 Å². The fourth-order valence-electron chi connectivity index (χ4n) is 3.64. The molecule has 0 aromatic heterocycles. The number of hydrogen-bond acceptors (Lipinski definition) is 3. The van der Waals surface area contributed by atoms with Crippen molar-refractivity contribution in [2.24, 2.45) is 5.92 Å². The molecule has 0 fully saturated rings. The van der Waals surface area contributed by atoms with Crippen molar-refractivity contribution in [2.75, 3.05) is 13.7 Å². The van der Waals surface area contributed by atoms with Crippen LogP contribution in [0.25, 0.3) is 0 Å². The van der Waals surface area contributed by atoms with Gasteiger partial charge >= 0.3 is 0 Å². The first kappa shape index (κ1) is 25.3. The number of carbonyl (C=O) groups is 2. The second-order valence-electron chi connectivity index (χ2n) is 8.63. The van der Waals surface area contributed by atoms with E-state index in [4.69, 9.17) is 16.3 Å². The summed E-state index contributed by atoms with van der Waals surface area (Å²) in [7, 11) is 1.61. The van der Waals surface area contributed by atoms with Gasteiger partial charge in [0.2, 0.25) is 11.8 Å². The number of hydrogen-bond donors (Lipinski definition) is 1. The molecule has 0 bridgehead atoms. The molecular weight excluding hydrogens is 448 g/mol. The first-order chi connectivity index (χ1) is 16.4. The average Bonchev–Trinajstić information content (AvgIpc) is 2.84. The van der Waals surface area contributed by atoms with Crippen molar-refractivity contribution >= 4 is 23.4 Å². The molecule has 0 radical (unpaired) electrons. The zero-order valence-electron chi connectivity index (χ0n) is 19.8. The lowest BCUT2D eigenvalue weighted by atomic mass is 10.0. The van der Waals surface area contributed by atoms with Gasteiger partial charge in [0.05, 0.1) is 13.5 Å². The average molecular weight is 479 g/mol. The van der Waals surface area contributed by atoms with Crippen LogP contribution in [0.1, 0.15) is 36.6 Å².